The average Bonchev–Trinajstić information content (AvgIpc) is 3.63. The van der Waals surface area contributed by atoms with Crippen LogP contribution in [-0.2, 0) is 6.54 Å². The van der Waals surface area contributed by atoms with Gasteiger partial charge in [-0.1, -0.05) is 0 Å². The maximum absolute atomic E-state index is 13.1. The first-order chi connectivity index (χ1) is 17.1. The maximum Gasteiger partial charge on any atom is 0.256 e. The number of hydrogen-bond acceptors (Lipinski definition) is 6. The van der Waals surface area contributed by atoms with Gasteiger partial charge in [-0.25, -0.2) is 9.97 Å². The molecule has 1 amide bonds. The Morgan fingerprint density at radius 1 is 1.17 bits per heavy atom. The standard InChI is InChI=1S/C26H31N7O2/c1-3-35-21-9-7-20(8-10-21)23-17-24(32-13-4-5-14-32)33-25(30-23)22(18-29-33)26(34)28-11-6-15-31-16-12-27-19(31)2/h7-10,12,16-18H,3-6,11,13-15H2,1-2H3,(H,28,34). The number of hydrogen-bond donors (Lipinski definition) is 1. The smallest absolute Gasteiger partial charge is 0.256 e. The fraction of sp³-hybridized carbons (Fsp3) is 0.385. The molecule has 1 saturated heterocycles. The summed E-state index contributed by atoms with van der Waals surface area (Å²) in [6.45, 7) is 7.87. The summed E-state index contributed by atoms with van der Waals surface area (Å²) in [6, 6.07) is 9.98. The van der Waals surface area contributed by atoms with Crippen LogP contribution >= 0.6 is 0 Å². The van der Waals surface area contributed by atoms with E-state index in [-0.39, 0.29) is 5.91 Å². The minimum atomic E-state index is -0.161. The third-order valence-corrected chi connectivity index (χ3v) is 6.37. The lowest BCUT2D eigenvalue weighted by molar-refractivity contribution is 0.0954. The Labute approximate surface area is 204 Å². The van der Waals surface area contributed by atoms with Crippen LogP contribution in [0.1, 0.15) is 42.4 Å². The molecule has 0 saturated carbocycles. The summed E-state index contributed by atoms with van der Waals surface area (Å²) in [5.41, 5.74) is 2.84. The van der Waals surface area contributed by atoms with E-state index in [2.05, 4.69) is 30.9 Å². The number of benzene rings is 1. The highest BCUT2D eigenvalue weighted by Gasteiger charge is 2.22. The fourth-order valence-electron chi connectivity index (χ4n) is 4.50. The first-order valence-electron chi connectivity index (χ1n) is 12.3. The van der Waals surface area contributed by atoms with E-state index in [0.29, 0.717) is 24.4 Å². The van der Waals surface area contributed by atoms with Gasteiger partial charge in [-0.05, 0) is 57.4 Å². The number of aromatic nitrogens is 5. The van der Waals surface area contributed by atoms with Crippen molar-refractivity contribution in [2.45, 2.75) is 39.7 Å². The Bertz CT molecular complexity index is 1300. The van der Waals surface area contributed by atoms with Gasteiger partial charge >= 0.3 is 0 Å². The van der Waals surface area contributed by atoms with Gasteiger partial charge in [0.1, 0.15) is 23.0 Å². The van der Waals surface area contributed by atoms with E-state index in [1.165, 1.54) is 0 Å². The van der Waals surface area contributed by atoms with Gasteiger partial charge in [0, 0.05) is 50.2 Å². The molecule has 1 aliphatic rings. The Balaban J connectivity index is 1.41. The van der Waals surface area contributed by atoms with Gasteiger partial charge in [0.25, 0.3) is 5.91 Å². The number of nitrogens with one attached hydrogen (secondary N) is 1. The largest absolute Gasteiger partial charge is 0.494 e. The number of aryl methyl sites for hydroxylation is 2. The molecule has 1 N–H and O–H groups in total. The van der Waals surface area contributed by atoms with Gasteiger partial charge in [0.05, 0.1) is 18.5 Å². The molecule has 3 aromatic heterocycles. The second kappa shape index (κ2) is 10.2. The van der Waals surface area contributed by atoms with Crippen molar-refractivity contribution in [3.05, 3.63) is 60.3 Å². The molecule has 0 radical (unpaired) electrons. The van der Waals surface area contributed by atoms with Crippen molar-refractivity contribution in [1.29, 1.82) is 0 Å². The molecule has 0 aliphatic carbocycles. The van der Waals surface area contributed by atoms with Crippen molar-refractivity contribution in [2.75, 3.05) is 31.1 Å². The van der Waals surface area contributed by atoms with Crippen LogP contribution in [0.25, 0.3) is 16.9 Å². The van der Waals surface area contributed by atoms with Crippen LogP contribution in [0.15, 0.2) is 48.9 Å². The molecular weight excluding hydrogens is 442 g/mol. The molecule has 1 fully saturated rings. The third-order valence-electron chi connectivity index (χ3n) is 6.37. The summed E-state index contributed by atoms with van der Waals surface area (Å²) in [4.78, 5) is 24.5. The van der Waals surface area contributed by atoms with E-state index in [4.69, 9.17) is 9.72 Å². The van der Waals surface area contributed by atoms with Crippen LogP contribution in [0.3, 0.4) is 0 Å². The molecule has 9 heteroatoms. The molecule has 182 valence electrons. The number of amides is 1. The predicted molar refractivity (Wildman–Crippen MR) is 135 cm³/mol. The predicted octanol–water partition coefficient (Wildman–Crippen LogP) is 3.72. The number of ether oxygens (including phenoxy) is 1. The number of carbonyl (C=O) groups excluding carboxylic acids is 1. The Morgan fingerprint density at radius 2 is 1.97 bits per heavy atom. The van der Waals surface area contributed by atoms with Crippen molar-refractivity contribution < 1.29 is 9.53 Å². The van der Waals surface area contributed by atoms with Crippen LogP contribution in [0.4, 0.5) is 5.82 Å². The maximum atomic E-state index is 13.1. The molecule has 0 atom stereocenters. The molecule has 1 aromatic carbocycles. The molecule has 5 rings (SSSR count). The molecule has 0 unspecified atom stereocenters. The first kappa shape index (κ1) is 22.9. The molecule has 4 heterocycles. The molecule has 0 bridgehead atoms. The van der Waals surface area contributed by atoms with Crippen molar-refractivity contribution in [1.82, 2.24) is 29.5 Å². The van der Waals surface area contributed by atoms with E-state index < -0.39 is 0 Å². The van der Waals surface area contributed by atoms with Gasteiger partial charge in [0.2, 0.25) is 0 Å². The van der Waals surface area contributed by atoms with E-state index in [1.54, 1.807) is 16.9 Å². The van der Waals surface area contributed by atoms with E-state index in [0.717, 1.165) is 67.5 Å². The summed E-state index contributed by atoms with van der Waals surface area (Å²) in [5, 5.41) is 7.59. The van der Waals surface area contributed by atoms with Gasteiger partial charge in [-0.2, -0.15) is 9.61 Å². The van der Waals surface area contributed by atoms with Gasteiger partial charge in [0.15, 0.2) is 5.65 Å². The quantitative estimate of drug-likeness (QED) is 0.373. The molecule has 4 aromatic rings. The summed E-state index contributed by atoms with van der Waals surface area (Å²) < 4.78 is 9.46. The number of fused-ring (bicyclic) bond motifs is 1. The second-order valence-electron chi connectivity index (χ2n) is 8.72. The first-order valence-corrected chi connectivity index (χ1v) is 12.3. The van der Waals surface area contributed by atoms with Gasteiger partial charge < -0.3 is 19.5 Å². The number of anilines is 1. The normalized spacial score (nSPS) is 13.5. The summed E-state index contributed by atoms with van der Waals surface area (Å²) in [5.74, 6) is 2.60. The Morgan fingerprint density at radius 3 is 2.69 bits per heavy atom. The van der Waals surface area contributed by atoms with Crippen molar-refractivity contribution in [3.63, 3.8) is 0 Å². The zero-order chi connectivity index (χ0) is 24.2. The van der Waals surface area contributed by atoms with Crippen LogP contribution in [-0.4, -0.2) is 56.3 Å². The zero-order valence-electron chi connectivity index (χ0n) is 20.3. The lowest BCUT2D eigenvalue weighted by Gasteiger charge is -2.19. The average molecular weight is 474 g/mol. The topological polar surface area (TPSA) is 89.6 Å². The number of imidazole rings is 1. The highest BCUT2D eigenvalue weighted by Crippen LogP contribution is 2.29. The number of rotatable bonds is 9. The molecule has 9 nitrogen and oxygen atoms in total. The Hall–Kier alpha value is -3.88. The highest BCUT2D eigenvalue weighted by molar-refractivity contribution is 6.00. The summed E-state index contributed by atoms with van der Waals surface area (Å²) in [7, 11) is 0. The second-order valence-corrected chi connectivity index (χ2v) is 8.72. The van der Waals surface area contributed by atoms with Gasteiger partial charge in [-0.15, -0.1) is 0 Å². The number of carbonyl (C=O) groups is 1. The van der Waals surface area contributed by atoms with Crippen LogP contribution in [0, 0.1) is 6.92 Å². The van der Waals surface area contributed by atoms with Gasteiger partial charge in [-0.3, -0.25) is 4.79 Å². The SMILES string of the molecule is CCOc1ccc(-c2cc(N3CCCC3)n3ncc(C(=O)NCCCn4ccnc4C)c3n2)cc1. The van der Waals surface area contributed by atoms with Crippen molar-refractivity contribution in [2.24, 2.45) is 0 Å². The molecule has 0 spiro atoms. The van der Waals surface area contributed by atoms with Crippen LogP contribution in [0.2, 0.25) is 0 Å². The monoisotopic (exact) mass is 473 g/mol. The lowest BCUT2D eigenvalue weighted by Crippen LogP contribution is -2.25. The van der Waals surface area contributed by atoms with Crippen LogP contribution in [0.5, 0.6) is 5.75 Å². The lowest BCUT2D eigenvalue weighted by atomic mass is 10.1. The van der Waals surface area contributed by atoms with E-state index >= 15 is 0 Å². The fourth-order valence-corrected chi connectivity index (χ4v) is 4.50. The molecule has 1 aliphatic heterocycles. The minimum Gasteiger partial charge on any atom is -0.494 e. The minimum absolute atomic E-state index is 0.161. The molecular formula is C26H31N7O2. The Kier molecular flexibility index (Phi) is 6.65. The van der Waals surface area contributed by atoms with Crippen molar-refractivity contribution in [3.8, 4) is 17.0 Å². The zero-order valence-corrected chi connectivity index (χ0v) is 20.3. The molecule has 35 heavy (non-hydrogen) atoms. The van der Waals surface area contributed by atoms with Crippen LogP contribution < -0.4 is 15.0 Å². The summed E-state index contributed by atoms with van der Waals surface area (Å²) in [6.07, 6.45) is 8.47. The number of nitrogens with zero attached hydrogens (tertiary/aromatic N) is 6. The van der Waals surface area contributed by atoms with Crippen molar-refractivity contribution >= 4 is 17.4 Å². The van der Waals surface area contributed by atoms with E-state index in [9.17, 15) is 4.79 Å². The summed E-state index contributed by atoms with van der Waals surface area (Å²) >= 11 is 0. The highest BCUT2D eigenvalue weighted by atomic mass is 16.5. The third kappa shape index (κ3) is 4.84. The van der Waals surface area contributed by atoms with E-state index in [1.807, 2.05) is 44.3 Å².